The van der Waals surface area contributed by atoms with Gasteiger partial charge in [-0.1, -0.05) is 17.7 Å². The first-order valence-electron chi connectivity index (χ1n) is 9.21. The number of halogens is 3. The van der Waals surface area contributed by atoms with E-state index in [0.29, 0.717) is 12.8 Å². The Morgan fingerprint density at radius 3 is 2.47 bits per heavy atom. The first-order chi connectivity index (χ1) is 15.1. The Hall–Kier alpha value is -3.25. The molecule has 0 spiro atoms. The number of imidazole rings is 1. The highest BCUT2D eigenvalue weighted by Gasteiger charge is 2.32. The van der Waals surface area contributed by atoms with Crippen LogP contribution in [0.4, 0.5) is 14.5 Å². The maximum absolute atomic E-state index is 12.7. The average molecular weight is 488 g/mol. The SMILES string of the molecule is O=c1n(-c2cccc(NS(=O)(=O)c3ccc(OC(F)F)c(Cl)c3)c2)c(O)c(O)n1C1CC1. The van der Waals surface area contributed by atoms with Gasteiger partial charge in [0, 0.05) is 6.04 Å². The van der Waals surface area contributed by atoms with Gasteiger partial charge in [-0.2, -0.15) is 8.78 Å². The first-order valence-corrected chi connectivity index (χ1v) is 11.1. The molecule has 0 bridgehead atoms. The third-order valence-corrected chi connectivity index (χ3v) is 6.41. The molecular weight excluding hydrogens is 472 g/mol. The van der Waals surface area contributed by atoms with Crippen LogP contribution in [0.25, 0.3) is 5.69 Å². The number of nitrogens with one attached hydrogen (secondary N) is 1. The summed E-state index contributed by atoms with van der Waals surface area (Å²) < 4.78 is 58.5. The number of aromatic nitrogens is 2. The lowest BCUT2D eigenvalue weighted by molar-refractivity contribution is -0.0498. The molecule has 13 heteroatoms. The molecule has 0 saturated heterocycles. The van der Waals surface area contributed by atoms with Crippen LogP contribution in [0.3, 0.4) is 0 Å². The van der Waals surface area contributed by atoms with E-state index in [-0.39, 0.29) is 33.1 Å². The van der Waals surface area contributed by atoms with Crippen molar-refractivity contribution >= 4 is 27.3 Å². The number of benzene rings is 2. The molecule has 1 saturated carbocycles. The Morgan fingerprint density at radius 1 is 1.12 bits per heavy atom. The number of alkyl halides is 2. The van der Waals surface area contributed by atoms with Crippen molar-refractivity contribution in [3.05, 3.63) is 58.0 Å². The van der Waals surface area contributed by atoms with Crippen molar-refractivity contribution in [3.63, 3.8) is 0 Å². The first kappa shape index (κ1) is 22.0. The highest BCUT2D eigenvalue weighted by Crippen LogP contribution is 2.40. The predicted molar refractivity (Wildman–Crippen MR) is 111 cm³/mol. The Bertz CT molecular complexity index is 1350. The summed E-state index contributed by atoms with van der Waals surface area (Å²) in [5.41, 5.74) is -0.512. The number of rotatable bonds is 7. The van der Waals surface area contributed by atoms with Crippen LogP contribution in [-0.4, -0.2) is 34.4 Å². The zero-order chi connectivity index (χ0) is 23.2. The summed E-state index contributed by atoms with van der Waals surface area (Å²) in [6.45, 7) is -3.12. The van der Waals surface area contributed by atoms with Gasteiger partial charge in [0.1, 0.15) is 5.75 Å². The molecule has 1 aliphatic carbocycles. The third kappa shape index (κ3) is 4.10. The predicted octanol–water partition coefficient (Wildman–Crippen LogP) is 3.44. The zero-order valence-corrected chi connectivity index (χ0v) is 17.6. The quantitative estimate of drug-likeness (QED) is 0.469. The largest absolute Gasteiger partial charge is 0.491 e. The highest BCUT2D eigenvalue weighted by molar-refractivity contribution is 7.92. The summed E-state index contributed by atoms with van der Waals surface area (Å²) >= 11 is 5.83. The van der Waals surface area contributed by atoms with Crippen LogP contribution >= 0.6 is 11.6 Å². The summed E-state index contributed by atoms with van der Waals surface area (Å²) in [5, 5.41) is 20.0. The molecule has 3 N–H and O–H groups in total. The Kier molecular flexibility index (Phi) is 5.51. The standard InChI is InChI=1S/C19H16ClF2N3O6S/c20-14-9-13(6-7-15(14)31-18(21)22)32(29,30)23-10-2-1-3-12(8-10)25-17(27)16(26)24(19(25)28)11-4-5-11/h1-3,6-9,11,18,23,26-27H,4-5H2. The summed E-state index contributed by atoms with van der Waals surface area (Å²) in [4.78, 5) is 12.3. The van der Waals surface area contributed by atoms with Crippen LogP contribution < -0.4 is 15.1 Å². The minimum atomic E-state index is -4.19. The molecule has 0 atom stereocenters. The van der Waals surface area contributed by atoms with Crippen LogP contribution in [0.5, 0.6) is 17.5 Å². The van der Waals surface area contributed by atoms with E-state index in [1.807, 2.05) is 0 Å². The lowest BCUT2D eigenvalue weighted by atomic mass is 10.3. The van der Waals surface area contributed by atoms with E-state index < -0.39 is 34.1 Å². The van der Waals surface area contributed by atoms with Gasteiger partial charge < -0.3 is 14.9 Å². The monoisotopic (exact) mass is 487 g/mol. The van der Waals surface area contributed by atoms with Gasteiger partial charge in [-0.05, 0) is 49.2 Å². The number of hydrogen-bond acceptors (Lipinski definition) is 6. The number of anilines is 1. The van der Waals surface area contributed by atoms with Gasteiger partial charge >= 0.3 is 12.3 Å². The topological polar surface area (TPSA) is 123 Å². The van der Waals surface area contributed by atoms with Crippen LogP contribution in [0, 0.1) is 0 Å². The second-order valence-corrected chi connectivity index (χ2v) is 9.08. The van der Waals surface area contributed by atoms with Crippen molar-refractivity contribution in [3.8, 4) is 23.2 Å². The maximum Gasteiger partial charge on any atom is 0.387 e. The van der Waals surface area contributed by atoms with Gasteiger partial charge in [0.05, 0.1) is 21.3 Å². The molecule has 2 aromatic carbocycles. The molecule has 1 aromatic heterocycles. The summed E-state index contributed by atoms with van der Waals surface area (Å²) in [7, 11) is -4.19. The lowest BCUT2D eigenvalue weighted by Crippen LogP contribution is -2.22. The van der Waals surface area contributed by atoms with Crippen molar-refractivity contribution < 1.29 is 32.1 Å². The Morgan fingerprint density at radius 2 is 1.84 bits per heavy atom. The van der Waals surface area contributed by atoms with Crippen LogP contribution in [0.1, 0.15) is 18.9 Å². The summed E-state index contributed by atoms with van der Waals surface area (Å²) in [6, 6.07) is 8.37. The number of hydrogen-bond donors (Lipinski definition) is 3. The Balaban J connectivity index is 1.65. The minimum Gasteiger partial charge on any atom is -0.491 e. The summed E-state index contributed by atoms with van der Waals surface area (Å²) in [5.74, 6) is -1.61. The molecule has 0 aliphatic heterocycles. The van der Waals surface area contributed by atoms with Gasteiger partial charge in [-0.3, -0.25) is 9.29 Å². The van der Waals surface area contributed by atoms with Crippen molar-refractivity contribution in [1.29, 1.82) is 0 Å². The fourth-order valence-electron chi connectivity index (χ4n) is 3.15. The van der Waals surface area contributed by atoms with Crippen molar-refractivity contribution in [2.45, 2.75) is 30.4 Å². The minimum absolute atomic E-state index is 0.0384. The van der Waals surface area contributed by atoms with Crippen molar-refractivity contribution in [2.75, 3.05) is 4.72 Å². The molecule has 4 rings (SSSR count). The normalized spacial score (nSPS) is 14.0. The average Bonchev–Trinajstić information content (AvgIpc) is 3.51. The van der Waals surface area contributed by atoms with Gasteiger partial charge in [0.25, 0.3) is 21.8 Å². The van der Waals surface area contributed by atoms with Gasteiger partial charge in [-0.15, -0.1) is 0 Å². The number of ether oxygens (including phenoxy) is 1. The zero-order valence-electron chi connectivity index (χ0n) is 16.1. The van der Waals surface area contributed by atoms with Gasteiger partial charge in [0.15, 0.2) is 0 Å². The molecule has 1 aliphatic rings. The van der Waals surface area contributed by atoms with E-state index in [1.54, 1.807) is 0 Å². The van der Waals surface area contributed by atoms with E-state index in [2.05, 4.69) is 9.46 Å². The fraction of sp³-hybridized carbons (Fsp3) is 0.211. The van der Waals surface area contributed by atoms with Crippen molar-refractivity contribution in [2.24, 2.45) is 0 Å². The fourth-order valence-corrected chi connectivity index (χ4v) is 4.52. The van der Waals surface area contributed by atoms with Crippen LogP contribution in [0.15, 0.2) is 52.2 Å². The molecule has 3 aromatic rings. The smallest absolute Gasteiger partial charge is 0.387 e. The molecule has 0 amide bonds. The molecule has 9 nitrogen and oxygen atoms in total. The molecular formula is C19H16ClF2N3O6S. The number of aromatic hydroxyl groups is 2. The van der Waals surface area contributed by atoms with Gasteiger partial charge in [0.2, 0.25) is 0 Å². The Labute approximate surface area is 185 Å². The summed E-state index contributed by atoms with van der Waals surface area (Å²) in [6.07, 6.45) is 1.39. The van der Waals surface area contributed by atoms with E-state index in [9.17, 15) is 32.2 Å². The van der Waals surface area contributed by atoms with Crippen molar-refractivity contribution in [1.82, 2.24) is 9.13 Å². The molecule has 1 heterocycles. The van der Waals surface area contributed by atoms with E-state index in [4.69, 9.17) is 11.6 Å². The maximum atomic E-state index is 12.7. The number of sulfonamides is 1. The molecule has 170 valence electrons. The molecule has 0 unspecified atom stereocenters. The van der Waals surface area contributed by atoms with E-state index in [0.717, 1.165) is 27.3 Å². The molecule has 32 heavy (non-hydrogen) atoms. The second kappa shape index (κ2) is 8.02. The molecule has 0 radical (unpaired) electrons. The second-order valence-electron chi connectivity index (χ2n) is 6.99. The highest BCUT2D eigenvalue weighted by atomic mass is 35.5. The number of nitrogens with zero attached hydrogens (tertiary/aromatic N) is 2. The van der Waals surface area contributed by atoms with Crippen LogP contribution in [-0.2, 0) is 10.0 Å². The van der Waals surface area contributed by atoms with Gasteiger partial charge in [-0.25, -0.2) is 17.8 Å². The third-order valence-electron chi connectivity index (χ3n) is 4.74. The van der Waals surface area contributed by atoms with Crippen LogP contribution in [0.2, 0.25) is 5.02 Å². The van der Waals surface area contributed by atoms with E-state index in [1.165, 1.54) is 24.3 Å². The van der Waals surface area contributed by atoms with E-state index >= 15 is 0 Å². The lowest BCUT2D eigenvalue weighted by Gasteiger charge is -2.12. The molecule has 1 fully saturated rings.